The highest BCUT2D eigenvalue weighted by atomic mass is 19.4. The van der Waals surface area contributed by atoms with Gasteiger partial charge in [-0.3, -0.25) is 14.4 Å². The number of carbonyl (C=O) groups is 3. The molecular formula is C32H30F4N6O3. The van der Waals surface area contributed by atoms with Crippen molar-refractivity contribution in [2.45, 2.75) is 72.0 Å². The number of aromatic nitrogens is 4. The first-order valence-electron chi connectivity index (χ1n) is 14.4. The number of Topliss-reactive ketones (excluding diaryl/α,β-unsaturated/α-hetero) is 1. The summed E-state index contributed by atoms with van der Waals surface area (Å²) in [6.07, 6.45) is 1.04. The number of amides is 2. The summed E-state index contributed by atoms with van der Waals surface area (Å²) in [6.45, 7) is 5.86. The van der Waals surface area contributed by atoms with Gasteiger partial charge < -0.3 is 14.8 Å². The van der Waals surface area contributed by atoms with E-state index < -0.39 is 30.5 Å². The van der Waals surface area contributed by atoms with Gasteiger partial charge in [-0.1, -0.05) is 13.0 Å². The molecule has 45 heavy (non-hydrogen) atoms. The van der Waals surface area contributed by atoms with E-state index in [1.54, 1.807) is 17.7 Å². The number of alkyl halides is 4. The van der Waals surface area contributed by atoms with Crippen molar-refractivity contribution < 1.29 is 31.9 Å². The lowest BCUT2D eigenvalue weighted by atomic mass is 10.0. The van der Waals surface area contributed by atoms with Crippen molar-refractivity contribution in [2.24, 2.45) is 5.41 Å². The van der Waals surface area contributed by atoms with Gasteiger partial charge in [0.15, 0.2) is 11.6 Å². The van der Waals surface area contributed by atoms with Gasteiger partial charge in [0.05, 0.1) is 5.52 Å². The second kappa shape index (κ2) is 10.7. The van der Waals surface area contributed by atoms with Crippen LogP contribution in [0.25, 0.3) is 22.0 Å². The first-order chi connectivity index (χ1) is 21.2. The summed E-state index contributed by atoms with van der Waals surface area (Å²) in [7, 11) is 0. The van der Waals surface area contributed by atoms with E-state index in [4.69, 9.17) is 0 Å². The molecule has 2 amide bonds. The summed E-state index contributed by atoms with van der Waals surface area (Å²) < 4.78 is 54.4. The zero-order valence-electron chi connectivity index (χ0n) is 25.0. The molecule has 13 heteroatoms. The molecule has 0 spiro atoms. The molecule has 6 rings (SSSR count). The topological polar surface area (TPSA) is 110 Å². The largest absolute Gasteiger partial charge is 0.433 e. The average molecular weight is 623 g/mol. The predicted molar refractivity (Wildman–Crippen MR) is 157 cm³/mol. The molecule has 1 saturated heterocycles. The Morgan fingerprint density at radius 3 is 2.40 bits per heavy atom. The van der Waals surface area contributed by atoms with Gasteiger partial charge in [-0.25, -0.2) is 19.3 Å². The average Bonchev–Trinajstić information content (AvgIpc) is 3.33. The number of halogens is 4. The van der Waals surface area contributed by atoms with Crippen LogP contribution in [0.15, 0.2) is 42.9 Å². The molecule has 9 nitrogen and oxygen atoms in total. The van der Waals surface area contributed by atoms with Gasteiger partial charge in [0, 0.05) is 41.1 Å². The van der Waals surface area contributed by atoms with Crippen LogP contribution in [-0.2, 0) is 29.0 Å². The number of rotatable bonds is 7. The third kappa shape index (κ3) is 5.44. The van der Waals surface area contributed by atoms with E-state index in [0.717, 1.165) is 17.2 Å². The molecule has 3 aromatic heterocycles. The summed E-state index contributed by atoms with van der Waals surface area (Å²) in [5.41, 5.74) is 2.17. The van der Waals surface area contributed by atoms with Crippen molar-refractivity contribution in [1.82, 2.24) is 24.4 Å². The molecule has 1 aromatic carbocycles. The van der Waals surface area contributed by atoms with Gasteiger partial charge in [0.2, 0.25) is 11.8 Å². The van der Waals surface area contributed by atoms with E-state index in [9.17, 15) is 31.9 Å². The molecule has 1 saturated carbocycles. The normalized spacial score (nSPS) is 20.8. The molecule has 234 valence electrons. The van der Waals surface area contributed by atoms with Crippen LogP contribution < -0.4 is 5.32 Å². The van der Waals surface area contributed by atoms with Crippen LogP contribution in [0.3, 0.4) is 0 Å². The lowest BCUT2D eigenvalue weighted by Gasteiger charge is -2.27. The number of likely N-dealkylation sites (tertiary alicyclic amines) is 1. The highest BCUT2D eigenvalue weighted by molar-refractivity contribution is 6.09. The quantitative estimate of drug-likeness (QED) is 0.206. The molecule has 1 aliphatic carbocycles. The van der Waals surface area contributed by atoms with Crippen molar-refractivity contribution in [3.63, 3.8) is 0 Å². The van der Waals surface area contributed by atoms with Gasteiger partial charge >= 0.3 is 6.18 Å². The van der Waals surface area contributed by atoms with Crippen molar-refractivity contribution >= 4 is 34.3 Å². The Morgan fingerprint density at radius 2 is 1.76 bits per heavy atom. The first kappa shape index (κ1) is 30.4. The third-order valence-electron chi connectivity index (χ3n) is 8.86. The molecule has 3 atom stereocenters. The Bertz CT molecular complexity index is 1870. The molecule has 1 unspecified atom stereocenters. The van der Waals surface area contributed by atoms with Crippen LogP contribution in [0.1, 0.15) is 59.7 Å². The Morgan fingerprint density at radius 1 is 1.04 bits per heavy atom. The molecular weight excluding hydrogens is 592 g/mol. The summed E-state index contributed by atoms with van der Waals surface area (Å²) in [4.78, 5) is 53.3. The molecule has 2 aliphatic rings. The maximum Gasteiger partial charge on any atom is 0.433 e. The number of benzene rings is 1. The Hall–Kier alpha value is -4.68. The van der Waals surface area contributed by atoms with Gasteiger partial charge in [0.25, 0.3) is 0 Å². The second-order valence-corrected chi connectivity index (χ2v) is 12.2. The highest BCUT2D eigenvalue weighted by Gasteiger charge is 2.64. The van der Waals surface area contributed by atoms with Crippen molar-refractivity contribution in [1.29, 1.82) is 0 Å². The Kier molecular flexibility index (Phi) is 7.24. The minimum atomic E-state index is -4.68. The maximum atomic E-state index is 13.9. The van der Waals surface area contributed by atoms with Gasteiger partial charge in [0.1, 0.15) is 30.8 Å². The van der Waals surface area contributed by atoms with Crippen LogP contribution in [0.5, 0.6) is 0 Å². The van der Waals surface area contributed by atoms with Crippen LogP contribution in [0, 0.1) is 19.3 Å². The monoisotopic (exact) mass is 622 g/mol. The number of hydrogen-bond acceptors (Lipinski definition) is 6. The molecule has 4 aromatic rings. The van der Waals surface area contributed by atoms with Crippen molar-refractivity contribution in [3.8, 4) is 11.1 Å². The number of fused-ring (bicyclic) bond motifs is 2. The van der Waals surface area contributed by atoms with E-state index >= 15 is 0 Å². The van der Waals surface area contributed by atoms with E-state index in [0.29, 0.717) is 40.4 Å². The predicted octanol–water partition coefficient (Wildman–Crippen LogP) is 5.82. The Balaban J connectivity index is 1.30. The minimum absolute atomic E-state index is 0.0625. The van der Waals surface area contributed by atoms with Crippen LogP contribution in [0.4, 0.5) is 23.4 Å². The van der Waals surface area contributed by atoms with Gasteiger partial charge in [-0.05, 0) is 73.9 Å². The SMILES string of the molecule is CC(=O)c1cn(CC(=O)N2C3C[C@]3(C)C[C@H]2C(=O)Nc2nc(C(F)(F)F)ccc2C)c2c(C)cc(-c3cnc(CF)nc3)cc12. The van der Waals surface area contributed by atoms with Crippen LogP contribution in [-0.4, -0.2) is 54.1 Å². The van der Waals surface area contributed by atoms with Crippen molar-refractivity contribution in [2.75, 3.05) is 5.32 Å². The number of nitrogens with zero attached hydrogens (tertiary/aromatic N) is 5. The zero-order valence-corrected chi connectivity index (χ0v) is 25.0. The fourth-order valence-electron chi connectivity index (χ4n) is 6.40. The minimum Gasteiger partial charge on any atom is -0.337 e. The summed E-state index contributed by atoms with van der Waals surface area (Å²) in [6, 6.07) is 4.68. The number of nitrogens with one attached hydrogen (secondary N) is 1. The fraction of sp³-hybridized carbons (Fsp3) is 0.375. The molecule has 2 fully saturated rings. The lowest BCUT2D eigenvalue weighted by molar-refractivity contribution is -0.141. The highest BCUT2D eigenvalue weighted by Crippen LogP contribution is 2.59. The molecule has 1 aliphatic heterocycles. The second-order valence-electron chi connectivity index (χ2n) is 12.2. The molecule has 0 bridgehead atoms. The van der Waals surface area contributed by atoms with Gasteiger partial charge in [-0.2, -0.15) is 13.2 Å². The number of hydrogen-bond donors (Lipinski definition) is 1. The number of ketones is 1. The van der Waals surface area contributed by atoms with Gasteiger partial charge in [-0.15, -0.1) is 0 Å². The number of piperidine rings is 1. The Labute approximate surface area is 255 Å². The molecule has 4 heterocycles. The molecule has 1 N–H and O–H groups in total. The molecule has 0 radical (unpaired) electrons. The third-order valence-corrected chi connectivity index (χ3v) is 8.86. The maximum absolute atomic E-state index is 13.9. The standard InChI is InChI=1S/C32H30F4N6O3/c1-16-5-6-24(32(34,35)36)39-29(16)40-30(45)23-9-31(4)10-25(31)42(23)27(44)15-41-14-22(18(3)43)21-8-19(7-17(2)28(21)41)20-12-37-26(11-33)38-13-20/h5-8,12-14,23,25H,9-11,15H2,1-4H3,(H,39,40,45)/t23-,25?,31-/m0/s1. The van der Waals surface area contributed by atoms with E-state index in [2.05, 4.69) is 20.3 Å². The van der Waals surface area contributed by atoms with Crippen molar-refractivity contribution in [3.05, 3.63) is 71.1 Å². The summed E-state index contributed by atoms with van der Waals surface area (Å²) in [5.74, 6) is -1.29. The fourth-order valence-corrected chi connectivity index (χ4v) is 6.40. The number of pyridine rings is 1. The first-order valence-corrected chi connectivity index (χ1v) is 14.4. The van der Waals surface area contributed by atoms with Crippen LogP contribution >= 0.6 is 0 Å². The van der Waals surface area contributed by atoms with E-state index in [1.807, 2.05) is 26.0 Å². The number of aryl methyl sites for hydroxylation is 2. The summed E-state index contributed by atoms with van der Waals surface area (Å²) in [5, 5.41) is 3.16. The van der Waals surface area contributed by atoms with E-state index in [-0.39, 0.29) is 41.3 Å². The smallest absolute Gasteiger partial charge is 0.337 e. The van der Waals surface area contributed by atoms with E-state index in [1.165, 1.54) is 30.3 Å². The number of carbonyl (C=O) groups excluding carboxylic acids is 3. The summed E-state index contributed by atoms with van der Waals surface area (Å²) >= 11 is 0. The number of anilines is 1. The lowest BCUT2D eigenvalue weighted by Crippen LogP contribution is -2.46. The van der Waals surface area contributed by atoms with Crippen LogP contribution in [0.2, 0.25) is 0 Å². The zero-order chi connectivity index (χ0) is 32.4.